The van der Waals surface area contributed by atoms with E-state index in [2.05, 4.69) is 0 Å². The van der Waals surface area contributed by atoms with Crippen LogP contribution >= 0.6 is 0 Å². The Morgan fingerprint density at radius 1 is 0.479 bits per heavy atom. The molecule has 0 saturated heterocycles. The number of hydrogen-bond donors (Lipinski definition) is 0. The van der Waals surface area contributed by atoms with Crippen LogP contribution in [0.5, 0.6) is 0 Å². The van der Waals surface area contributed by atoms with Crippen LogP contribution in [0.3, 0.4) is 0 Å². The molecule has 2 aliphatic heterocycles. The van der Waals surface area contributed by atoms with Crippen molar-refractivity contribution >= 4 is 28.7 Å². The number of carbonyl (C=O) groups is 2. The Kier molecular flexibility index (Phi) is 7.32. The zero-order valence-corrected chi connectivity index (χ0v) is 25.9. The Bertz CT molecular complexity index is 2150. The van der Waals surface area contributed by atoms with Gasteiger partial charge in [0.05, 0.1) is 16.9 Å². The molecule has 0 amide bonds. The van der Waals surface area contributed by atoms with Gasteiger partial charge < -0.3 is 0 Å². The number of carbonyl (C=O) groups excluding carboxylic acids is 2. The molecule has 0 N–H and O–H groups in total. The van der Waals surface area contributed by atoms with Crippen molar-refractivity contribution in [1.29, 1.82) is 0 Å². The molecule has 0 spiro atoms. The van der Waals surface area contributed by atoms with Gasteiger partial charge >= 0.3 is 0 Å². The Hall–Kier alpha value is -6.37. The lowest BCUT2D eigenvalue weighted by atomic mass is 9.73. The molecule has 1 atom stereocenters. The molecule has 0 bridgehead atoms. The van der Waals surface area contributed by atoms with E-state index in [0.717, 1.165) is 16.8 Å². The maximum atomic E-state index is 15.4. The van der Waals surface area contributed by atoms with E-state index in [1.54, 1.807) is 24.3 Å². The molecule has 0 radical (unpaired) electrons. The van der Waals surface area contributed by atoms with Gasteiger partial charge in [0.25, 0.3) is 0 Å². The Labute approximate surface area is 279 Å². The first-order chi connectivity index (χ1) is 23.7. The average Bonchev–Trinajstić information content (AvgIpc) is 3.68. The molecule has 230 valence electrons. The molecule has 2 aliphatic rings. The summed E-state index contributed by atoms with van der Waals surface area (Å²) in [5.74, 6) is -0.537. The summed E-state index contributed by atoms with van der Waals surface area (Å²) in [6.45, 7) is 0. The van der Waals surface area contributed by atoms with Crippen LogP contribution in [0.1, 0.15) is 31.8 Å². The standard InChI is InChI=1S/C42H30N4O2/c47-39(31-19-7-1-8-20-31)37-38(40(48)32-21-9-2-10-22-32)44(35-27-15-5-16-28-35)46-42(37,34-25-13-4-14-26-34)41(33-23-11-3-12-24-33)43-45(46)36-29-17-6-18-30-36/h1-30H. The number of nitrogens with zero attached hydrogens (tertiary/aromatic N) is 4. The number of Topliss-reactive ketones (excluding diaryl/α,β-unsaturated/α-hetero) is 2. The van der Waals surface area contributed by atoms with Gasteiger partial charge in [-0.15, -0.1) is 0 Å². The van der Waals surface area contributed by atoms with E-state index in [1.165, 1.54) is 0 Å². The number of hydrogen-bond acceptors (Lipinski definition) is 6. The molecule has 0 aromatic heterocycles. The first-order valence-electron chi connectivity index (χ1n) is 15.8. The minimum atomic E-state index is -1.36. The lowest BCUT2D eigenvalue weighted by Gasteiger charge is -2.42. The van der Waals surface area contributed by atoms with Crippen LogP contribution < -0.4 is 10.1 Å². The van der Waals surface area contributed by atoms with Crippen molar-refractivity contribution in [2.75, 3.05) is 10.1 Å². The van der Waals surface area contributed by atoms with E-state index in [9.17, 15) is 0 Å². The van der Waals surface area contributed by atoms with Crippen LogP contribution in [-0.2, 0) is 5.54 Å². The number of allylic oxidation sites excluding steroid dienone is 1. The van der Waals surface area contributed by atoms with Crippen molar-refractivity contribution in [1.82, 2.24) is 5.12 Å². The molecule has 0 saturated carbocycles. The summed E-state index contributed by atoms with van der Waals surface area (Å²) in [6.07, 6.45) is 0. The number of anilines is 2. The summed E-state index contributed by atoms with van der Waals surface area (Å²) in [7, 11) is 0. The Morgan fingerprint density at radius 2 is 0.917 bits per heavy atom. The third-order valence-electron chi connectivity index (χ3n) is 8.76. The number of fused-ring (bicyclic) bond motifs is 1. The van der Waals surface area contributed by atoms with Gasteiger partial charge in [-0.25, -0.2) is 5.01 Å². The van der Waals surface area contributed by atoms with E-state index >= 15 is 9.59 Å². The fourth-order valence-corrected chi connectivity index (χ4v) is 6.69. The molecule has 8 rings (SSSR count). The largest absolute Gasteiger partial charge is 0.289 e. The second-order valence-electron chi connectivity index (χ2n) is 11.6. The second-order valence-corrected chi connectivity index (χ2v) is 11.6. The van der Waals surface area contributed by atoms with E-state index in [-0.39, 0.29) is 17.3 Å². The van der Waals surface area contributed by atoms with E-state index in [0.29, 0.717) is 28.1 Å². The molecule has 2 heterocycles. The number of hydrazine groups is 2. The predicted octanol–water partition coefficient (Wildman–Crippen LogP) is 8.48. The number of hydrazone groups is 1. The summed E-state index contributed by atoms with van der Waals surface area (Å²) in [6, 6.07) is 57.7. The summed E-state index contributed by atoms with van der Waals surface area (Å²) in [5.41, 5.74) is 3.88. The maximum absolute atomic E-state index is 15.4. The summed E-state index contributed by atoms with van der Waals surface area (Å²) in [4.78, 5) is 30.5. The molecule has 6 aromatic rings. The topological polar surface area (TPSA) is 56.2 Å². The molecule has 6 heteroatoms. The van der Waals surface area contributed by atoms with Crippen LogP contribution in [-0.4, -0.2) is 22.4 Å². The van der Waals surface area contributed by atoms with Crippen molar-refractivity contribution in [2.45, 2.75) is 5.54 Å². The molecule has 48 heavy (non-hydrogen) atoms. The first kappa shape index (κ1) is 29.1. The summed E-state index contributed by atoms with van der Waals surface area (Å²) in [5, 5.41) is 11.1. The van der Waals surface area contributed by atoms with Crippen molar-refractivity contribution < 1.29 is 9.59 Å². The van der Waals surface area contributed by atoms with E-state index < -0.39 is 5.54 Å². The van der Waals surface area contributed by atoms with Gasteiger partial charge in [-0.1, -0.05) is 163 Å². The Balaban J connectivity index is 1.56. The lowest BCUT2D eigenvalue weighted by molar-refractivity contribution is 0.0991. The monoisotopic (exact) mass is 622 g/mol. The van der Waals surface area contributed by atoms with Crippen molar-refractivity contribution in [3.8, 4) is 0 Å². The van der Waals surface area contributed by atoms with Crippen molar-refractivity contribution in [2.24, 2.45) is 5.10 Å². The minimum absolute atomic E-state index is 0.259. The highest BCUT2D eigenvalue weighted by molar-refractivity contribution is 6.27. The van der Waals surface area contributed by atoms with E-state index in [1.807, 2.05) is 173 Å². The van der Waals surface area contributed by atoms with Crippen LogP contribution in [0.4, 0.5) is 11.4 Å². The molecule has 0 aliphatic carbocycles. The van der Waals surface area contributed by atoms with Crippen LogP contribution in [0.25, 0.3) is 0 Å². The van der Waals surface area contributed by atoms with E-state index in [4.69, 9.17) is 5.10 Å². The number of rotatable bonds is 8. The van der Waals surface area contributed by atoms with Gasteiger partial charge in [-0.3, -0.25) is 9.59 Å². The van der Waals surface area contributed by atoms with Gasteiger partial charge in [-0.2, -0.15) is 10.2 Å². The third kappa shape index (κ3) is 4.58. The molecule has 0 fully saturated rings. The highest BCUT2D eigenvalue weighted by atomic mass is 16.1. The van der Waals surface area contributed by atoms with Gasteiger partial charge in [0.1, 0.15) is 11.4 Å². The fourth-order valence-electron chi connectivity index (χ4n) is 6.69. The van der Waals surface area contributed by atoms with Gasteiger partial charge in [0.15, 0.2) is 11.3 Å². The third-order valence-corrected chi connectivity index (χ3v) is 8.76. The SMILES string of the molecule is O=C(C1=C(C(=O)c2ccccc2)C2(c3ccccc3)C(c3ccccc3)=NN(c3ccccc3)N2N1c1ccccc1)c1ccccc1. The summed E-state index contributed by atoms with van der Waals surface area (Å²) >= 11 is 0. The predicted molar refractivity (Wildman–Crippen MR) is 189 cm³/mol. The van der Waals surface area contributed by atoms with Crippen molar-refractivity contribution in [3.05, 3.63) is 216 Å². The molecule has 1 unspecified atom stereocenters. The molecule has 6 nitrogen and oxygen atoms in total. The van der Waals surface area contributed by atoms with Crippen LogP contribution in [0, 0.1) is 0 Å². The summed E-state index contributed by atoms with van der Waals surface area (Å²) < 4.78 is 0. The maximum Gasteiger partial charge on any atom is 0.211 e. The smallest absolute Gasteiger partial charge is 0.211 e. The molecular formula is C42H30N4O2. The Morgan fingerprint density at radius 3 is 1.46 bits per heavy atom. The van der Waals surface area contributed by atoms with Gasteiger partial charge in [-0.05, 0) is 29.8 Å². The quantitative estimate of drug-likeness (QED) is 0.159. The first-order valence-corrected chi connectivity index (χ1v) is 15.8. The number of para-hydroxylation sites is 2. The fraction of sp³-hybridized carbons (Fsp3) is 0.0238. The normalized spacial score (nSPS) is 17.3. The van der Waals surface area contributed by atoms with Gasteiger partial charge in [0, 0.05) is 16.7 Å². The highest BCUT2D eigenvalue weighted by Gasteiger charge is 2.65. The second kappa shape index (κ2) is 12.1. The van der Waals surface area contributed by atoms with Gasteiger partial charge in [0.2, 0.25) is 5.78 Å². The minimum Gasteiger partial charge on any atom is -0.289 e. The number of benzene rings is 6. The zero-order chi connectivity index (χ0) is 32.5. The highest BCUT2D eigenvalue weighted by Crippen LogP contribution is 2.55. The number of ketones is 2. The average molecular weight is 623 g/mol. The molecule has 6 aromatic carbocycles. The zero-order valence-electron chi connectivity index (χ0n) is 25.9. The van der Waals surface area contributed by atoms with Crippen molar-refractivity contribution in [3.63, 3.8) is 0 Å². The lowest BCUT2D eigenvalue weighted by Crippen LogP contribution is -2.57. The van der Waals surface area contributed by atoms with Crippen LogP contribution in [0.2, 0.25) is 0 Å². The molecular weight excluding hydrogens is 592 g/mol. The van der Waals surface area contributed by atoms with Crippen LogP contribution in [0.15, 0.2) is 198 Å².